The molecule has 1 heterocycles. The van der Waals surface area contributed by atoms with Crippen LogP contribution >= 0.6 is 0 Å². The molecule has 10 heteroatoms. The Balaban J connectivity index is 2.49. The van der Waals surface area contributed by atoms with E-state index in [1.54, 1.807) is 0 Å². The number of hydrogen-bond acceptors (Lipinski definition) is 5. The quantitative estimate of drug-likeness (QED) is 0.535. The molecule has 0 saturated carbocycles. The van der Waals surface area contributed by atoms with Crippen LogP contribution in [0.25, 0.3) is 11.1 Å². The van der Waals surface area contributed by atoms with Gasteiger partial charge in [-0.05, 0) is 11.6 Å². The number of carboxylic acids is 1. The van der Waals surface area contributed by atoms with Crippen molar-refractivity contribution in [3.63, 3.8) is 0 Å². The first-order valence-corrected chi connectivity index (χ1v) is 6.83. The van der Waals surface area contributed by atoms with Gasteiger partial charge in [0.1, 0.15) is 35.8 Å². The van der Waals surface area contributed by atoms with Gasteiger partial charge in [0, 0.05) is 17.3 Å². The molecule has 1 amide bonds. The molecule has 0 saturated heterocycles. The van der Waals surface area contributed by atoms with Crippen LogP contribution in [0.2, 0.25) is 0 Å². The van der Waals surface area contributed by atoms with Crippen LogP contribution in [0.1, 0.15) is 16.1 Å². The molecule has 0 atom stereocenters. The summed E-state index contributed by atoms with van der Waals surface area (Å²) < 4.78 is 0. The second kappa shape index (κ2) is 7.13. The standard InChI is InChI=1S/C15H8B3N3O4/c16-8-1-6(3-19)12(17)11(13(8)18)7-2-9(22)14(20-4-7)15(25)21-5-10(23)24/h1-2,4,22H,5H2,(H,21,25)(H,23,24). The van der Waals surface area contributed by atoms with Gasteiger partial charge in [0.2, 0.25) is 0 Å². The maximum Gasteiger partial charge on any atom is 0.322 e. The van der Waals surface area contributed by atoms with E-state index < -0.39 is 24.2 Å². The summed E-state index contributed by atoms with van der Waals surface area (Å²) in [6.07, 6.45) is 1.21. The number of aromatic hydroxyl groups is 1. The number of aromatic nitrogens is 1. The van der Waals surface area contributed by atoms with Crippen LogP contribution in [0.3, 0.4) is 0 Å². The van der Waals surface area contributed by atoms with Crippen LogP contribution in [-0.2, 0) is 4.79 Å². The summed E-state index contributed by atoms with van der Waals surface area (Å²) in [6.45, 7) is -0.623. The third kappa shape index (κ3) is 3.66. The van der Waals surface area contributed by atoms with Crippen molar-refractivity contribution in [2.75, 3.05) is 6.54 Å². The van der Waals surface area contributed by atoms with Gasteiger partial charge in [-0.1, -0.05) is 17.0 Å². The van der Waals surface area contributed by atoms with Gasteiger partial charge in [-0.25, -0.2) is 4.98 Å². The number of nitriles is 1. The molecule has 1 aromatic heterocycles. The summed E-state index contributed by atoms with van der Waals surface area (Å²) in [6, 6.07) is 4.38. The Kier molecular flexibility index (Phi) is 5.18. The van der Waals surface area contributed by atoms with Crippen LogP contribution in [0.15, 0.2) is 18.3 Å². The molecule has 25 heavy (non-hydrogen) atoms. The molecule has 7 nitrogen and oxygen atoms in total. The zero-order chi connectivity index (χ0) is 18.7. The van der Waals surface area contributed by atoms with E-state index in [4.69, 9.17) is 33.9 Å². The molecule has 0 aliphatic heterocycles. The Hall–Kier alpha value is -3.21. The van der Waals surface area contributed by atoms with E-state index in [1.165, 1.54) is 18.3 Å². The van der Waals surface area contributed by atoms with E-state index >= 15 is 0 Å². The van der Waals surface area contributed by atoms with E-state index in [-0.39, 0.29) is 38.8 Å². The van der Waals surface area contributed by atoms with E-state index in [1.807, 2.05) is 6.07 Å². The first-order valence-electron chi connectivity index (χ1n) is 6.83. The molecule has 3 N–H and O–H groups in total. The van der Waals surface area contributed by atoms with Crippen LogP contribution in [0.5, 0.6) is 5.75 Å². The maximum absolute atomic E-state index is 11.8. The number of benzene rings is 1. The first-order chi connectivity index (χ1) is 11.8. The van der Waals surface area contributed by atoms with Gasteiger partial charge in [-0.3, -0.25) is 9.59 Å². The highest BCUT2D eigenvalue weighted by Crippen LogP contribution is 2.22. The summed E-state index contributed by atoms with van der Waals surface area (Å²) in [7, 11) is 17.6. The third-order valence-corrected chi connectivity index (χ3v) is 3.33. The Morgan fingerprint density at radius 2 is 1.92 bits per heavy atom. The van der Waals surface area contributed by atoms with Crippen molar-refractivity contribution in [2.45, 2.75) is 0 Å². The van der Waals surface area contributed by atoms with Crippen molar-refractivity contribution >= 4 is 51.8 Å². The number of aliphatic carboxylic acids is 1. The predicted octanol–water partition coefficient (Wildman–Crippen LogP) is -2.48. The maximum atomic E-state index is 11.8. The number of pyridine rings is 1. The molecular weight excluding hydrogens is 319 g/mol. The Morgan fingerprint density at radius 3 is 2.48 bits per heavy atom. The second-order valence-electron chi connectivity index (χ2n) is 5.00. The first kappa shape index (κ1) is 18.1. The molecule has 0 aliphatic carbocycles. The molecule has 0 aliphatic rings. The van der Waals surface area contributed by atoms with Gasteiger partial charge in [-0.2, -0.15) is 5.26 Å². The monoisotopic (exact) mass is 327 g/mol. The van der Waals surface area contributed by atoms with E-state index in [0.29, 0.717) is 0 Å². The normalized spacial score (nSPS) is 10.0. The van der Waals surface area contributed by atoms with Crippen LogP contribution in [0, 0.1) is 11.3 Å². The van der Waals surface area contributed by atoms with Crippen molar-refractivity contribution < 1.29 is 19.8 Å². The molecule has 0 bridgehead atoms. The lowest BCUT2D eigenvalue weighted by atomic mass is 9.69. The van der Waals surface area contributed by atoms with Crippen molar-refractivity contribution in [3.05, 3.63) is 29.6 Å². The molecule has 1 aromatic carbocycles. The number of amides is 1. The fourth-order valence-corrected chi connectivity index (χ4v) is 2.14. The number of carbonyl (C=O) groups is 2. The molecule has 0 fully saturated rings. The molecule has 0 unspecified atom stereocenters. The van der Waals surface area contributed by atoms with Gasteiger partial charge in [-0.15, -0.1) is 5.46 Å². The number of nitrogens with one attached hydrogen (secondary N) is 1. The van der Waals surface area contributed by atoms with Crippen molar-refractivity contribution in [1.82, 2.24) is 10.3 Å². The zero-order valence-electron chi connectivity index (χ0n) is 12.8. The van der Waals surface area contributed by atoms with Crippen LogP contribution in [0.4, 0.5) is 0 Å². The van der Waals surface area contributed by atoms with Gasteiger partial charge in [0.25, 0.3) is 5.91 Å². The molecule has 6 radical (unpaired) electrons. The van der Waals surface area contributed by atoms with Crippen LogP contribution in [-0.4, -0.2) is 57.2 Å². The number of hydrogen-bond donors (Lipinski definition) is 3. The summed E-state index contributed by atoms with van der Waals surface area (Å²) in [5.74, 6) is -2.62. The average molecular weight is 327 g/mol. The molecule has 2 rings (SSSR count). The van der Waals surface area contributed by atoms with Crippen molar-refractivity contribution in [1.29, 1.82) is 5.26 Å². The lowest BCUT2D eigenvalue weighted by molar-refractivity contribution is -0.135. The SMILES string of the molecule is [B]c1cc(C#N)c([B])c(-c2cnc(C(=O)NCC(=O)O)c(O)c2)c1[B]. The highest BCUT2D eigenvalue weighted by molar-refractivity contribution is 6.54. The fraction of sp³-hybridized carbons (Fsp3) is 0.0667. The third-order valence-electron chi connectivity index (χ3n) is 3.33. The minimum atomic E-state index is -1.24. The highest BCUT2D eigenvalue weighted by atomic mass is 16.4. The van der Waals surface area contributed by atoms with Gasteiger partial charge < -0.3 is 15.5 Å². The summed E-state index contributed by atoms with van der Waals surface area (Å²) in [4.78, 5) is 26.1. The number of carboxylic acid groups (broad SMARTS) is 1. The fourth-order valence-electron chi connectivity index (χ4n) is 2.14. The Bertz CT molecular complexity index is 925. The summed E-state index contributed by atoms with van der Waals surface area (Å²) >= 11 is 0. The number of nitrogens with zero attached hydrogens (tertiary/aromatic N) is 2. The molecular formula is C15H8B3N3O4. The summed E-state index contributed by atoms with van der Waals surface area (Å²) in [5, 5.41) is 29.7. The largest absolute Gasteiger partial charge is 0.505 e. The zero-order valence-corrected chi connectivity index (χ0v) is 12.8. The average Bonchev–Trinajstić information content (AvgIpc) is 2.56. The minimum absolute atomic E-state index is 0.0541. The molecule has 2 aromatic rings. The summed E-state index contributed by atoms with van der Waals surface area (Å²) in [5.41, 5.74) is 0.460. The minimum Gasteiger partial charge on any atom is -0.505 e. The number of rotatable bonds is 4. The van der Waals surface area contributed by atoms with E-state index in [0.717, 1.165) is 0 Å². The van der Waals surface area contributed by atoms with Crippen molar-refractivity contribution in [3.8, 4) is 22.9 Å². The predicted molar refractivity (Wildman–Crippen MR) is 92.2 cm³/mol. The smallest absolute Gasteiger partial charge is 0.322 e. The van der Waals surface area contributed by atoms with Crippen molar-refractivity contribution in [2.24, 2.45) is 0 Å². The van der Waals surface area contributed by atoms with E-state index in [9.17, 15) is 14.7 Å². The number of carbonyl (C=O) groups excluding carboxylic acids is 1. The van der Waals surface area contributed by atoms with Gasteiger partial charge >= 0.3 is 5.97 Å². The Morgan fingerprint density at radius 1 is 1.24 bits per heavy atom. The molecule has 0 spiro atoms. The topological polar surface area (TPSA) is 123 Å². The Labute approximate surface area is 146 Å². The van der Waals surface area contributed by atoms with Gasteiger partial charge in [0.15, 0.2) is 5.69 Å². The highest BCUT2D eigenvalue weighted by Gasteiger charge is 2.17. The van der Waals surface area contributed by atoms with E-state index in [2.05, 4.69) is 10.3 Å². The second-order valence-corrected chi connectivity index (χ2v) is 5.00. The van der Waals surface area contributed by atoms with Gasteiger partial charge in [0.05, 0.1) is 6.07 Å². The lowest BCUT2D eigenvalue weighted by Crippen LogP contribution is -2.35. The van der Waals surface area contributed by atoms with Crippen LogP contribution < -0.4 is 21.7 Å². The molecule has 116 valence electrons. The lowest BCUT2D eigenvalue weighted by Gasteiger charge is -2.16.